The number of hydrogen-bond acceptors (Lipinski definition) is 4. The minimum absolute atomic E-state index is 0. The van der Waals surface area contributed by atoms with Crippen LogP contribution in [0.5, 0.6) is 0 Å². The van der Waals surface area contributed by atoms with E-state index < -0.39 is 15.5 Å². The van der Waals surface area contributed by atoms with Crippen LogP contribution in [0.4, 0.5) is 13.2 Å². The molecule has 0 aromatic carbocycles. The number of sulfonamides is 1. The summed E-state index contributed by atoms with van der Waals surface area (Å²) in [5, 5.41) is 10.4. The summed E-state index contributed by atoms with van der Waals surface area (Å²) in [6.45, 7) is 0.338. The van der Waals surface area contributed by atoms with Crippen LogP contribution in [-0.2, 0) is 23.5 Å². The van der Waals surface area contributed by atoms with Gasteiger partial charge in [-0.2, -0.15) is 22.6 Å². The van der Waals surface area contributed by atoms with Gasteiger partial charge in [-0.3, -0.25) is 9.67 Å². The van der Waals surface area contributed by atoms with Crippen molar-refractivity contribution in [2.75, 3.05) is 26.7 Å². The lowest BCUT2D eigenvalue weighted by Crippen LogP contribution is -2.51. The number of aromatic nitrogens is 2. The van der Waals surface area contributed by atoms with Crippen LogP contribution >= 0.6 is 24.0 Å². The Balaban J connectivity index is 0.00000392. The topological polar surface area (TPSA) is 91.6 Å². The van der Waals surface area contributed by atoms with E-state index in [1.165, 1.54) is 0 Å². The molecule has 2 N–H and O–H groups in total. The highest BCUT2D eigenvalue weighted by atomic mass is 127. The van der Waals surface area contributed by atoms with Crippen molar-refractivity contribution in [1.29, 1.82) is 0 Å². The zero-order chi connectivity index (χ0) is 20.1. The summed E-state index contributed by atoms with van der Waals surface area (Å²) in [4.78, 5) is 4.10. The fraction of sp³-hybridized carbons (Fsp3) is 0.733. The molecule has 0 bridgehead atoms. The number of alkyl halides is 3. The maximum absolute atomic E-state index is 12.6. The lowest BCUT2D eigenvalue weighted by molar-refractivity contribution is -0.0494. The van der Waals surface area contributed by atoms with Crippen LogP contribution in [-0.4, -0.2) is 66.7 Å². The van der Waals surface area contributed by atoms with E-state index in [9.17, 15) is 21.6 Å². The van der Waals surface area contributed by atoms with Gasteiger partial charge in [0.1, 0.15) is 0 Å². The summed E-state index contributed by atoms with van der Waals surface area (Å²) in [7, 11) is -1.78. The van der Waals surface area contributed by atoms with Crippen molar-refractivity contribution in [2.24, 2.45) is 12.0 Å². The number of aliphatic imine (C=N–C) groups is 1. The highest BCUT2D eigenvalue weighted by Crippen LogP contribution is 2.28. The van der Waals surface area contributed by atoms with Gasteiger partial charge in [-0.15, -0.1) is 24.0 Å². The highest BCUT2D eigenvalue weighted by Gasteiger charge is 2.50. The number of guanidine groups is 1. The molecule has 1 fully saturated rings. The smallest absolute Gasteiger partial charge is 0.356 e. The Hall–Kier alpha value is -1.09. The molecule has 2 heterocycles. The molecule has 28 heavy (non-hydrogen) atoms. The van der Waals surface area contributed by atoms with Gasteiger partial charge in [0.2, 0.25) is 0 Å². The molecule has 1 aliphatic rings. The predicted molar refractivity (Wildman–Crippen MR) is 111 cm³/mol. The van der Waals surface area contributed by atoms with E-state index in [0.717, 1.165) is 18.4 Å². The number of halogens is 4. The van der Waals surface area contributed by atoms with Gasteiger partial charge in [-0.05, 0) is 31.2 Å². The minimum Gasteiger partial charge on any atom is -0.356 e. The average Bonchev–Trinajstić information content (AvgIpc) is 3.02. The van der Waals surface area contributed by atoms with E-state index in [0.29, 0.717) is 16.8 Å². The van der Waals surface area contributed by atoms with E-state index >= 15 is 0 Å². The zero-order valence-corrected chi connectivity index (χ0v) is 18.9. The molecule has 8 nitrogen and oxygen atoms in total. The molecule has 1 aliphatic heterocycles. The third-order valence-electron chi connectivity index (χ3n) is 4.34. The molecule has 0 aliphatic carbocycles. The second-order valence-electron chi connectivity index (χ2n) is 6.39. The van der Waals surface area contributed by atoms with Gasteiger partial charge >= 0.3 is 15.5 Å². The first kappa shape index (κ1) is 24.9. The number of piperidine rings is 1. The molecule has 0 radical (unpaired) electrons. The monoisotopic (exact) mass is 538 g/mol. The molecule has 0 amide bonds. The fourth-order valence-electron chi connectivity index (χ4n) is 2.88. The van der Waals surface area contributed by atoms with Gasteiger partial charge in [0.25, 0.3) is 0 Å². The van der Waals surface area contributed by atoms with Crippen molar-refractivity contribution in [3.63, 3.8) is 0 Å². The maximum Gasteiger partial charge on any atom is 0.511 e. The molecule has 0 saturated carbocycles. The van der Waals surface area contributed by atoms with Gasteiger partial charge in [-0.1, -0.05) is 0 Å². The van der Waals surface area contributed by atoms with Crippen LogP contribution in [0.2, 0.25) is 0 Å². The van der Waals surface area contributed by atoms with Crippen LogP contribution in [0.25, 0.3) is 0 Å². The van der Waals surface area contributed by atoms with Crippen molar-refractivity contribution in [2.45, 2.75) is 37.2 Å². The summed E-state index contributed by atoms with van der Waals surface area (Å²) in [6, 6.07) is -0.130. The highest BCUT2D eigenvalue weighted by molar-refractivity contribution is 14.0. The van der Waals surface area contributed by atoms with Crippen molar-refractivity contribution < 1.29 is 21.6 Å². The third-order valence-corrected chi connectivity index (χ3v) is 5.97. The molecular weight excluding hydrogens is 512 g/mol. The van der Waals surface area contributed by atoms with E-state index in [1.807, 2.05) is 19.4 Å². The lowest BCUT2D eigenvalue weighted by atomic mass is 10.1. The Morgan fingerprint density at radius 1 is 1.36 bits per heavy atom. The van der Waals surface area contributed by atoms with Crippen molar-refractivity contribution >= 4 is 40.0 Å². The molecule has 1 saturated heterocycles. The van der Waals surface area contributed by atoms with Crippen molar-refractivity contribution in [3.8, 4) is 0 Å². The third kappa shape index (κ3) is 6.76. The van der Waals surface area contributed by atoms with Crippen molar-refractivity contribution in [3.05, 3.63) is 18.0 Å². The van der Waals surface area contributed by atoms with E-state index in [2.05, 4.69) is 20.7 Å². The number of nitrogens with zero attached hydrogens (tertiary/aromatic N) is 4. The lowest BCUT2D eigenvalue weighted by Gasteiger charge is -2.32. The van der Waals surface area contributed by atoms with Gasteiger partial charge in [0, 0.05) is 46.0 Å². The SMILES string of the molecule is CN=C(NCCCc1cnn(C)c1)NC1CCN(S(=O)(=O)C(F)(F)F)CC1.I. The molecule has 0 atom stereocenters. The molecule has 1 aromatic heterocycles. The zero-order valence-electron chi connectivity index (χ0n) is 15.7. The Morgan fingerprint density at radius 3 is 2.50 bits per heavy atom. The van der Waals surface area contributed by atoms with E-state index in [1.54, 1.807) is 11.7 Å². The van der Waals surface area contributed by atoms with Crippen LogP contribution in [0, 0.1) is 0 Å². The van der Waals surface area contributed by atoms with Gasteiger partial charge in [0.15, 0.2) is 5.96 Å². The Morgan fingerprint density at radius 2 is 2.00 bits per heavy atom. The molecule has 0 unspecified atom stereocenters. The summed E-state index contributed by atoms with van der Waals surface area (Å²) in [6.07, 6.45) is 6.07. The molecule has 0 spiro atoms. The Bertz CT molecular complexity index is 745. The Kier molecular flexibility index (Phi) is 9.46. The van der Waals surface area contributed by atoms with E-state index in [-0.39, 0.29) is 55.9 Å². The quantitative estimate of drug-likeness (QED) is 0.248. The number of hydrogen-bond donors (Lipinski definition) is 2. The van der Waals surface area contributed by atoms with Crippen LogP contribution in [0.1, 0.15) is 24.8 Å². The van der Waals surface area contributed by atoms with Gasteiger partial charge < -0.3 is 10.6 Å². The van der Waals surface area contributed by atoms with Gasteiger partial charge in [0.05, 0.1) is 6.20 Å². The first-order valence-corrected chi connectivity index (χ1v) is 10.1. The molecule has 1 aromatic rings. The summed E-state index contributed by atoms with van der Waals surface area (Å²) in [5.74, 6) is 0.554. The summed E-state index contributed by atoms with van der Waals surface area (Å²) >= 11 is 0. The normalized spacial score (nSPS) is 17.2. The first-order valence-electron chi connectivity index (χ1n) is 8.64. The van der Waals surface area contributed by atoms with Crippen LogP contribution in [0.15, 0.2) is 17.4 Å². The van der Waals surface area contributed by atoms with Crippen LogP contribution in [0.3, 0.4) is 0 Å². The molecular formula is C15H26F3IN6O2S. The summed E-state index contributed by atoms with van der Waals surface area (Å²) < 4.78 is 62.9. The number of nitrogens with one attached hydrogen (secondary N) is 2. The second-order valence-corrected chi connectivity index (χ2v) is 8.32. The fourth-order valence-corrected chi connectivity index (χ4v) is 3.86. The largest absolute Gasteiger partial charge is 0.511 e. The molecule has 2 rings (SSSR count). The number of aryl methyl sites for hydroxylation is 2. The van der Waals surface area contributed by atoms with Crippen LogP contribution < -0.4 is 10.6 Å². The molecule has 162 valence electrons. The molecule has 13 heteroatoms. The Labute approximate surface area is 180 Å². The first-order chi connectivity index (χ1) is 12.6. The summed E-state index contributed by atoms with van der Waals surface area (Å²) in [5.41, 5.74) is -4.11. The average molecular weight is 538 g/mol. The number of rotatable bonds is 6. The minimum atomic E-state index is -5.25. The van der Waals surface area contributed by atoms with E-state index in [4.69, 9.17) is 0 Å². The second kappa shape index (κ2) is 10.6. The van der Waals surface area contributed by atoms with Crippen molar-refractivity contribution in [1.82, 2.24) is 24.7 Å². The maximum atomic E-state index is 12.6. The van der Waals surface area contributed by atoms with Gasteiger partial charge in [-0.25, -0.2) is 8.42 Å². The standard InChI is InChI=1S/C15H25F3N6O2S.HI/c1-19-14(20-7-3-4-12-10-21-23(2)11-12)22-13-5-8-24(9-6-13)27(25,26)15(16,17)18;/h10-11,13H,3-9H2,1-2H3,(H2,19,20,22);1H. The predicted octanol–water partition coefficient (Wildman–Crippen LogP) is 1.45.